The number of benzene rings is 2. The monoisotopic (exact) mass is 356 g/mol. The van der Waals surface area contributed by atoms with Crippen molar-refractivity contribution in [1.82, 2.24) is 4.90 Å². The molecule has 4 nitrogen and oxygen atoms in total. The van der Waals surface area contributed by atoms with Gasteiger partial charge in [0, 0.05) is 29.4 Å². The summed E-state index contributed by atoms with van der Waals surface area (Å²) in [7, 11) is 0. The molecule has 0 aliphatic carbocycles. The second-order valence-corrected chi connectivity index (χ2v) is 6.84. The molecular formula is C20H21ClN2O2. The number of halogens is 1. The van der Waals surface area contributed by atoms with Crippen LogP contribution in [-0.4, -0.2) is 29.8 Å². The molecular weight excluding hydrogens is 336 g/mol. The predicted molar refractivity (Wildman–Crippen MR) is 99.9 cm³/mol. The lowest BCUT2D eigenvalue weighted by Crippen LogP contribution is -2.43. The Labute approximate surface area is 152 Å². The van der Waals surface area contributed by atoms with Crippen molar-refractivity contribution in [3.8, 4) is 0 Å². The number of nitrogens with zero attached hydrogens (tertiary/aromatic N) is 1. The van der Waals surface area contributed by atoms with Crippen molar-refractivity contribution in [1.29, 1.82) is 0 Å². The summed E-state index contributed by atoms with van der Waals surface area (Å²) in [5, 5.41) is 3.59. The first-order valence-corrected chi connectivity index (χ1v) is 8.84. The van der Waals surface area contributed by atoms with E-state index in [2.05, 4.69) is 5.32 Å². The van der Waals surface area contributed by atoms with Gasteiger partial charge in [-0.05, 0) is 55.7 Å². The summed E-state index contributed by atoms with van der Waals surface area (Å²) in [6.45, 7) is 3.08. The van der Waals surface area contributed by atoms with Gasteiger partial charge in [0.2, 0.25) is 5.91 Å². The minimum Gasteiger partial charge on any atom is -0.338 e. The molecule has 3 rings (SSSR count). The van der Waals surface area contributed by atoms with Crippen LogP contribution < -0.4 is 5.32 Å². The standard InChI is InChI=1S/C20H21ClN2O2/c1-14-5-2-3-7-18(14)22-19(24)16-6-4-12-23(13-16)20(25)15-8-10-17(21)11-9-15/h2-3,5,7-11,16H,4,6,12-13H2,1H3,(H,22,24)/t16-/m0/s1. The summed E-state index contributed by atoms with van der Waals surface area (Å²) in [4.78, 5) is 27.0. The molecule has 1 N–H and O–H groups in total. The fraction of sp³-hybridized carbons (Fsp3) is 0.300. The number of hydrogen-bond acceptors (Lipinski definition) is 2. The number of carbonyl (C=O) groups excluding carboxylic acids is 2. The summed E-state index contributed by atoms with van der Waals surface area (Å²) in [5.41, 5.74) is 2.46. The Morgan fingerprint density at radius 3 is 2.56 bits per heavy atom. The van der Waals surface area contributed by atoms with Crippen molar-refractivity contribution in [3.63, 3.8) is 0 Å². The summed E-state index contributed by atoms with van der Waals surface area (Å²) >= 11 is 5.88. The molecule has 0 radical (unpaired) electrons. The molecule has 0 bridgehead atoms. The number of carbonyl (C=O) groups is 2. The molecule has 130 valence electrons. The van der Waals surface area contributed by atoms with Crippen LogP contribution in [0.2, 0.25) is 5.02 Å². The van der Waals surface area contributed by atoms with Gasteiger partial charge in [0.15, 0.2) is 0 Å². The van der Waals surface area contributed by atoms with Gasteiger partial charge >= 0.3 is 0 Å². The Hall–Kier alpha value is -2.33. The smallest absolute Gasteiger partial charge is 0.253 e. The third-order valence-corrected chi connectivity index (χ3v) is 4.83. The zero-order chi connectivity index (χ0) is 17.8. The minimum atomic E-state index is -0.190. The highest BCUT2D eigenvalue weighted by Crippen LogP contribution is 2.22. The van der Waals surface area contributed by atoms with Crippen LogP contribution in [0.3, 0.4) is 0 Å². The molecule has 1 atom stereocenters. The number of amides is 2. The quantitative estimate of drug-likeness (QED) is 0.898. The van der Waals surface area contributed by atoms with Crippen molar-refractivity contribution < 1.29 is 9.59 Å². The lowest BCUT2D eigenvalue weighted by Gasteiger charge is -2.32. The first kappa shape index (κ1) is 17.5. The molecule has 0 unspecified atom stereocenters. The molecule has 0 spiro atoms. The summed E-state index contributed by atoms with van der Waals surface area (Å²) in [6, 6.07) is 14.6. The van der Waals surface area contributed by atoms with E-state index < -0.39 is 0 Å². The number of piperidine rings is 1. The number of hydrogen-bond donors (Lipinski definition) is 1. The molecule has 0 saturated carbocycles. The van der Waals surface area contributed by atoms with E-state index in [1.807, 2.05) is 31.2 Å². The molecule has 1 heterocycles. The first-order chi connectivity index (χ1) is 12.0. The zero-order valence-corrected chi connectivity index (χ0v) is 14.9. The van der Waals surface area contributed by atoms with Gasteiger partial charge in [-0.15, -0.1) is 0 Å². The average Bonchev–Trinajstić information content (AvgIpc) is 2.64. The molecule has 2 amide bonds. The average molecular weight is 357 g/mol. The number of rotatable bonds is 3. The van der Waals surface area contributed by atoms with Crippen LogP contribution >= 0.6 is 11.6 Å². The van der Waals surface area contributed by atoms with Crippen LogP contribution in [0, 0.1) is 12.8 Å². The molecule has 1 aliphatic rings. The van der Waals surface area contributed by atoms with Crippen LogP contribution in [0.5, 0.6) is 0 Å². The number of nitrogens with one attached hydrogen (secondary N) is 1. The number of anilines is 1. The third kappa shape index (κ3) is 4.20. The van der Waals surface area contributed by atoms with Crippen molar-refractivity contribution in [3.05, 3.63) is 64.7 Å². The van der Waals surface area contributed by atoms with E-state index in [9.17, 15) is 9.59 Å². The van der Waals surface area contributed by atoms with Gasteiger partial charge < -0.3 is 10.2 Å². The Morgan fingerprint density at radius 2 is 1.84 bits per heavy atom. The van der Waals surface area contributed by atoms with Crippen molar-refractivity contribution in [2.24, 2.45) is 5.92 Å². The zero-order valence-electron chi connectivity index (χ0n) is 14.2. The van der Waals surface area contributed by atoms with Crippen molar-refractivity contribution in [2.45, 2.75) is 19.8 Å². The van der Waals surface area contributed by atoms with Crippen molar-refractivity contribution >= 4 is 29.1 Å². The van der Waals surface area contributed by atoms with Crippen LogP contribution in [0.25, 0.3) is 0 Å². The third-order valence-electron chi connectivity index (χ3n) is 4.57. The Balaban J connectivity index is 1.66. The van der Waals surface area contributed by atoms with Crippen LogP contribution in [0.1, 0.15) is 28.8 Å². The molecule has 2 aromatic carbocycles. The topological polar surface area (TPSA) is 49.4 Å². The summed E-state index contributed by atoms with van der Waals surface area (Å²) in [5.74, 6) is -0.266. The predicted octanol–water partition coefficient (Wildman–Crippen LogP) is 4.14. The van der Waals surface area contributed by atoms with E-state index in [-0.39, 0.29) is 17.7 Å². The van der Waals surface area contributed by atoms with E-state index in [0.29, 0.717) is 23.7 Å². The highest BCUT2D eigenvalue weighted by molar-refractivity contribution is 6.30. The van der Waals surface area contributed by atoms with E-state index in [1.54, 1.807) is 29.2 Å². The van der Waals surface area contributed by atoms with Crippen LogP contribution in [0.4, 0.5) is 5.69 Å². The lowest BCUT2D eigenvalue weighted by atomic mass is 9.96. The van der Waals surface area contributed by atoms with Gasteiger partial charge in [-0.1, -0.05) is 29.8 Å². The second kappa shape index (κ2) is 7.70. The van der Waals surface area contributed by atoms with Gasteiger partial charge in [0.25, 0.3) is 5.91 Å². The SMILES string of the molecule is Cc1ccccc1NC(=O)[C@H]1CCCN(C(=O)c2ccc(Cl)cc2)C1. The number of para-hydroxylation sites is 1. The maximum atomic E-state index is 12.6. The molecule has 5 heteroatoms. The van der Waals surface area contributed by atoms with Gasteiger partial charge in [0.05, 0.1) is 5.92 Å². The number of likely N-dealkylation sites (tertiary alicyclic amines) is 1. The highest BCUT2D eigenvalue weighted by Gasteiger charge is 2.29. The fourth-order valence-corrected chi connectivity index (χ4v) is 3.22. The van der Waals surface area contributed by atoms with E-state index in [4.69, 9.17) is 11.6 Å². The Kier molecular flexibility index (Phi) is 5.39. The largest absolute Gasteiger partial charge is 0.338 e. The summed E-state index contributed by atoms with van der Waals surface area (Å²) < 4.78 is 0. The fourth-order valence-electron chi connectivity index (χ4n) is 3.10. The molecule has 2 aromatic rings. The Morgan fingerprint density at radius 1 is 1.12 bits per heavy atom. The molecule has 1 saturated heterocycles. The highest BCUT2D eigenvalue weighted by atomic mass is 35.5. The number of aryl methyl sites for hydroxylation is 1. The molecule has 1 aliphatic heterocycles. The molecule has 1 fully saturated rings. The first-order valence-electron chi connectivity index (χ1n) is 8.46. The van der Waals surface area contributed by atoms with E-state index in [0.717, 1.165) is 24.1 Å². The van der Waals surface area contributed by atoms with Crippen molar-refractivity contribution in [2.75, 3.05) is 18.4 Å². The Bertz CT molecular complexity index is 774. The van der Waals surface area contributed by atoms with Crippen LogP contribution in [0.15, 0.2) is 48.5 Å². The maximum absolute atomic E-state index is 12.6. The van der Waals surface area contributed by atoms with Gasteiger partial charge in [-0.2, -0.15) is 0 Å². The van der Waals surface area contributed by atoms with E-state index >= 15 is 0 Å². The second-order valence-electron chi connectivity index (χ2n) is 6.40. The summed E-state index contributed by atoms with van der Waals surface area (Å²) in [6.07, 6.45) is 1.62. The maximum Gasteiger partial charge on any atom is 0.253 e. The van der Waals surface area contributed by atoms with Gasteiger partial charge in [-0.25, -0.2) is 0 Å². The lowest BCUT2D eigenvalue weighted by molar-refractivity contribution is -0.121. The normalized spacial score (nSPS) is 17.2. The van der Waals surface area contributed by atoms with Gasteiger partial charge in [-0.3, -0.25) is 9.59 Å². The van der Waals surface area contributed by atoms with Gasteiger partial charge in [0.1, 0.15) is 0 Å². The molecule has 0 aromatic heterocycles. The van der Waals surface area contributed by atoms with Crippen LogP contribution in [-0.2, 0) is 4.79 Å². The minimum absolute atomic E-state index is 0.0251. The molecule has 25 heavy (non-hydrogen) atoms. The van der Waals surface area contributed by atoms with E-state index in [1.165, 1.54) is 0 Å².